The molecular weight excluding hydrogens is 243 g/mol. The molecule has 1 aromatic carbocycles. The van der Waals surface area contributed by atoms with Gasteiger partial charge >= 0.3 is 0 Å². The second kappa shape index (κ2) is 6.35. The Morgan fingerprint density at radius 2 is 2.05 bits per heavy atom. The number of rotatable bonds is 4. The maximum absolute atomic E-state index is 13.6. The van der Waals surface area contributed by atoms with Crippen LogP contribution < -0.4 is 4.90 Å². The van der Waals surface area contributed by atoms with E-state index in [1.165, 1.54) is 18.9 Å². The normalized spacial score (nSPS) is 17.7. The SMILES string of the molecule is CN1CCC(CN(C)c2cccc(F)c2CO)CC1. The van der Waals surface area contributed by atoms with Crippen molar-refractivity contribution >= 4 is 5.69 Å². The predicted octanol–water partition coefficient (Wildman–Crippen LogP) is 2.10. The highest BCUT2D eigenvalue weighted by atomic mass is 19.1. The average Bonchev–Trinajstić information content (AvgIpc) is 2.41. The van der Waals surface area contributed by atoms with Gasteiger partial charge in [0.1, 0.15) is 5.82 Å². The number of nitrogens with zero attached hydrogens (tertiary/aromatic N) is 2. The number of benzene rings is 1. The van der Waals surface area contributed by atoms with Gasteiger partial charge in [0.25, 0.3) is 0 Å². The molecule has 1 aliphatic rings. The topological polar surface area (TPSA) is 26.7 Å². The molecule has 0 atom stereocenters. The van der Waals surface area contributed by atoms with Crippen LogP contribution in [0.5, 0.6) is 0 Å². The smallest absolute Gasteiger partial charge is 0.130 e. The van der Waals surface area contributed by atoms with Crippen LogP contribution in [0.25, 0.3) is 0 Å². The van der Waals surface area contributed by atoms with Gasteiger partial charge < -0.3 is 14.9 Å². The van der Waals surface area contributed by atoms with Gasteiger partial charge in [-0.2, -0.15) is 0 Å². The third-order valence-corrected chi connectivity index (χ3v) is 4.03. The zero-order valence-corrected chi connectivity index (χ0v) is 11.8. The molecule has 0 aromatic heterocycles. The quantitative estimate of drug-likeness (QED) is 0.904. The molecule has 1 heterocycles. The summed E-state index contributed by atoms with van der Waals surface area (Å²) in [5, 5.41) is 9.32. The minimum atomic E-state index is -0.324. The number of aliphatic hydroxyl groups is 1. The van der Waals surface area contributed by atoms with Crippen LogP contribution in [-0.2, 0) is 6.61 Å². The monoisotopic (exact) mass is 266 g/mol. The van der Waals surface area contributed by atoms with Gasteiger partial charge in [-0.25, -0.2) is 4.39 Å². The van der Waals surface area contributed by atoms with Crippen LogP contribution in [0.15, 0.2) is 18.2 Å². The summed E-state index contributed by atoms with van der Waals surface area (Å²) in [6.45, 7) is 2.94. The zero-order chi connectivity index (χ0) is 13.8. The van der Waals surface area contributed by atoms with E-state index in [0.29, 0.717) is 11.5 Å². The predicted molar refractivity (Wildman–Crippen MR) is 75.8 cm³/mol. The molecule has 0 radical (unpaired) electrons. The first-order valence-electron chi connectivity index (χ1n) is 6.89. The van der Waals surface area contributed by atoms with E-state index in [2.05, 4.69) is 16.8 Å². The van der Waals surface area contributed by atoms with Crippen molar-refractivity contribution in [2.24, 2.45) is 5.92 Å². The lowest BCUT2D eigenvalue weighted by molar-refractivity contribution is 0.222. The lowest BCUT2D eigenvalue weighted by Gasteiger charge is -2.33. The van der Waals surface area contributed by atoms with E-state index in [0.717, 1.165) is 25.3 Å². The van der Waals surface area contributed by atoms with Crippen molar-refractivity contribution in [3.8, 4) is 0 Å². The Balaban J connectivity index is 2.03. The highest BCUT2D eigenvalue weighted by molar-refractivity contribution is 5.53. The van der Waals surface area contributed by atoms with E-state index in [1.54, 1.807) is 6.07 Å². The maximum Gasteiger partial charge on any atom is 0.130 e. The molecule has 19 heavy (non-hydrogen) atoms. The highest BCUT2D eigenvalue weighted by Crippen LogP contribution is 2.25. The Morgan fingerprint density at radius 1 is 1.37 bits per heavy atom. The first kappa shape index (κ1) is 14.3. The first-order chi connectivity index (χ1) is 9.11. The minimum Gasteiger partial charge on any atom is -0.391 e. The Morgan fingerprint density at radius 3 is 2.68 bits per heavy atom. The standard InChI is InChI=1S/C15H23FN2O/c1-17-8-6-12(7-9-17)10-18(2)15-5-3-4-14(16)13(15)11-19/h3-5,12,19H,6-11H2,1-2H3. The first-order valence-corrected chi connectivity index (χ1v) is 6.89. The fourth-order valence-corrected chi connectivity index (χ4v) is 2.79. The van der Waals surface area contributed by atoms with Crippen molar-refractivity contribution < 1.29 is 9.50 Å². The van der Waals surface area contributed by atoms with E-state index >= 15 is 0 Å². The Hall–Kier alpha value is -1.13. The lowest BCUT2D eigenvalue weighted by Crippen LogP contribution is -2.36. The molecule has 0 aliphatic carbocycles. The van der Waals surface area contributed by atoms with Crippen LogP contribution in [0.1, 0.15) is 18.4 Å². The summed E-state index contributed by atoms with van der Waals surface area (Å²) >= 11 is 0. The fraction of sp³-hybridized carbons (Fsp3) is 0.600. The van der Waals surface area contributed by atoms with E-state index in [-0.39, 0.29) is 12.4 Å². The van der Waals surface area contributed by atoms with Crippen molar-refractivity contribution in [3.63, 3.8) is 0 Å². The molecule has 1 saturated heterocycles. The molecule has 1 N–H and O–H groups in total. The van der Waals surface area contributed by atoms with Crippen LogP contribution in [0.2, 0.25) is 0 Å². The summed E-state index contributed by atoms with van der Waals surface area (Å²) in [7, 11) is 4.13. The molecule has 2 rings (SSSR count). The fourth-order valence-electron chi connectivity index (χ4n) is 2.79. The third-order valence-electron chi connectivity index (χ3n) is 4.03. The number of hydrogen-bond donors (Lipinski definition) is 1. The molecule has 106 valence electrons. The molecule has 0 amide bonds. The largest absolute Gasteiger partial charge is 0.391 e. The van der Waals surface area contributed by atoms with E-state index in [1.807, 2.05) is 13.1 Å². The molecule has 4 heteroatoms. The van der Waals surface area contributed by atoms with E-state index in [4.69, 9.17) is 0 Å². The van der Waals surface area contributed by atoms with Gasteiger partial charge in [0, 0.05) is 24.8 Å². The van der Waals surface area contributed by atoms with Gasteiger partial charge in [-0.15, -0.1) is 0 Å². The van der Waals surface area contributed by atoms with Gasteiger partial charge in [-0.1, -0.05) is 6.07 Å². The zero-order valence-electron chi connectivity index (χ0n) is 11.8. The summed E-state index contributed by atoms with van der Waals surface area (Å²) in [6, 6.07) is 4.98. The number of aliphatic hydroxyl groups excluding tert-OH is 1. The van der Waals surface area contributed by atoms with Gasteiger partial charge in [0.2, 0.25) is 0 Å². The molecular formula is C15H23FN2O. The van der Waals surface area contributed by atoms with Crippen LogP contribution in [0.4, 0.5) is 10.1 Å². The van der Waals surface area contributed by atoms with Crippen LogP contribution in [0, 0.1) is 11.7 Å². The summed E-state index contributed by atoms with van der Waals surface area (Å²) < 4.78 is 13.6. The number of likely N-dealkylation sites (tertiary alicyclic amines) is 1. The minimum absolute atomic E-state index is 0.250. The Labute approximate surface area is 114 Å². The van der Waals surface area contributed by atoms with Crippen LogP contribution >= 0.6 is 0 Å². The molecule has 1 aromatic rings. The van der Waals surface area contributed by atoms with Crippen molar-refractivity contribution in [1.29, 1.82) is 0 Å². The third kappa shape index (κ3) is 3.45. The van der Waals surface area contributed by atoms with Gasteiger partial charge in [-0.05, 0) is 51.0 Å². The Kier molecular flexibility index (Phi) is 4.77. The number of piperidine rings is 1. The van der Waals surface area contributed by atoms with Crippen molar-refractivity contribution in [3.05, 3.63) is 29.6 Å². The summed E-state index contributed by atoms with van der Waals surface area (Å²) in [4.78, 5) is 4.42. The number of halogens is 1. The van der Waals surface area contributed by atoms with Crippen molar-refractivity contribution in [2.75, 3.05) is 38.6 Å². The number of hydrogen-bond acceptors (Lipinski definition) is 3. The van der Waals surface area contributed by atoms with Crippen molar-refractivity contribution in [2.45, 2.75) is 19.4 Å². The van der Waals surface area contributed by atoms with Gasteiger partial charge in [0.15, 0.2) is 0 Å². The summed E-state index contributed by atoms with van der Waals surface area (Å²) in [6.07, 6.45) is 2.37. The van der Waals surface area contributed by atoms with E-state index in [9.17, 15) is 9.50 Å². The molecule has 1 aliphatic heterocycles. The van der Waals surface area contributed by atoms with E-state index < -0.39 is 0 Å². The van der Waals surface area contributed by atoms with Gasteiger partial charge in [0.05, 0.1) is 6.61 Å². The summed E-state index contributed by atoms with van der Waals surface area (Å²) in [5.74, 6) is 0.325. The average molecular weight is 266 g/mol. The second-order valence-electron chi connectivity index (χ2n) is 5.52. The molecule has 1 fully saturated rings. The number of anilines is 1. The van der Waals surface area contributed by atoms with Gasteiger partial charge in [-0.3, -0.25) is 0 Å². The van der Waals surface area contributed by atoms with Crippen LogP contribution in [0.3, 0.4) is 0 Å². The molecule has 0 bridgehead atoms. The van der Waals surface area contributed by atoms with Crippen LogP contribution in [-0.4, -0.2) is 43.7 Å². The summed E-state index contributed by atoms with van der Waals surface area (Å²) in [5.41, 5.74) is 1.21. The maximum atomic E-state index is 13.6. The molecule has 3 nitrogen and oxygen atoms in total. The van der Waals surface area contributed by atoms with Crippen molar-refractivity contribution in [1.82, 2.24) is 4.90 Å². The molecule has 0 spiro atoms. The Bertz CT molecular complexity index is 417. The highest BCUT2D eigenvalue weighted by Gasteiger charge is 2.19. The molecule has 0 unspecified atom stereocenters. The second-order valence-corrected chi connectivity index (χ2v) is 5.52. The lowest BCUT2D eigenvalue weighted by atomic mass is 9.96. The molecule has 0 saturated carbocycles.